The molecule has 0 radical (unpaired) electrons. The van der Waals surface area contributed by atoms with E-state index in [-0.39, 0.29) is 12.3 Å². The summed E-state index contributed by atoms with van der Waals surface area (Å²) in [5.41, 5.74) is 0.512. The van der Waals surface area contributed by atoms with Gasteiger partial charge in [0.15, 0.2) is 0 Å². The summed E-state index contributed by atoms with van der Waals surface area (Å²) < 4.78 is 30.6. The van der Waals surface area contributed by atoms with Crippen LogP contribution in [0, 0.1) is 11.6 Å². The molecule has 0 unspecified atom stereocenters. The fourth-order valence-electron chi connectivity index (χ4n) is 1.20. The van der Waals surface area contributed by atoms with E-state index in [9.17, 15) is 13.6 Å². The van der Waals surface area contributed by atoms with E-state index in [1.807, 2.05) is 0 Å². The molecule has 1 N–H and O–H groups in total. The zero-order valence-corrected chi connectivity index (χ0v) is 9.59. The van der Waals surface area contributed by atoms with E-state index in [2.05, 4.69) is 5.32 Å². The van der Waals surface area contributed by atoms with E-state index in [0.717, 1.165) is 12.1 Å². The quantitative estimate of drug-likeness (QED) is 0.650. The van der Waals surface area contributed by atoms with Gasteiger partial charge in [0.25, 0.3) is 0 Å². The third-order valence-corrected chi connectivity index (χ3v) is 1.88. The number of anilines is 1. The summed E-state index contributed by atoms with van der Waals surface area (Å²) in [7, 11) is 0. The predicted molar refractivity (Wildman–Crippen MR) is 60.4 cm³/mol. The van der Waals surface area contributed by atoms with Crippen LogP contribution in [-0.2, 0) is 9.53 Å². The van der Waals surface area contributed by atoms with Crippen LogP contribution < -0.4 is 5.32 Å². The highest BCUT2D eigenvalue weighted by atomic mass is 19.1. The number of hydrogen-bond acceptors (Lipinski definition) is 3. The SMILES string of the molecule is CCOC(=O)/C=C(\C)Nc1ccc(F)cc1F. The van der Waals surface area contributed by atoms with Gasteiger partial charge in [0, 0.05) is 17.8 Å². The van der Waals surface area contributed by atoms with Crippen LogP contribution in [0.25, 0.3) is 0 Å². The first-order chi connectivity index (χ1) is 8.02. The Hall–Kier alpha value is -1.91. The molecule has 0 aliphatic carbocycles. The van der Waals surface area contributed by atoms with E-state index >= 15 is 0 Å². The molecule has 0 aliphatic rings. The monoisotopic (exact) mass is 241 g/mol. The molecule has 0 heterocycles. The van der Waals surface area contributed by atoms with Crippen molar-refractivity contribution in [1.29, 1.82) is 0 Å². The molecular weight excluding hydrogens is 228 g/mol. The molecule has 0 saturated heterocycles. The number of carbonyl (C=O) groups excluding carboxylic acids is 1. The third kappa shape index (κ3) is 4.22. The molecule has 0 saturated carbocycles. The smallest absolute Gasteiger partial charge is 0.332 e. The van der Waals surface area contributed by atoms with Gasteiger partial charge in [0.05, 0.1) is 12.3 Å². The Labute approximate surface area is 98.1 Å². The first-order valence-electron chi connectivity index (χ1n) is 5.10. The van der Waals surface area contributed by atoms with Crippen LogP contribution in [0.4, 0.5) is 14.5 Å². The number of halogens is 2. The van der Waals surface area contributed by atoms with Crippen LogP contribution in [0.3, 0.4) is 0 Å². The lowest BCUT2D eigenvalue weighted by atomic mass is 10.3. The molecule has 5 heteroatoms. The van der Waals surface area contributed by atoms with Gasteiger partial charge in [-0.25, -0.2) is 13.6 Å². The van der Waals surface area contributed by atoms with Crippen molar-refractivity contribution >= 4 is 11.7 Å². The van der Waals surface area contributed by atoms with Crippen LogP contribution in [0.5, 0.6) is 0 Å². The van der Waals surface area contributed by atoms with E-state index in [0.29, 0.717) is 5.70 Å². The lowest BCUT2D eigenvalue weighted by Crippen LogP contribution is -2.05. The Morgan fingerprint density at radius 2 is 2.18 bits per heavy atom. The standard InChI is InChI=1S/C12H13F2NO2/c1-3-17-12(16)6-8(2)15-11-5-4-9(13)7-10(11)14/h4-7,15H,3H2,1-2H3/b8-6+. The summed E-state index contributed by atoms with van der Waals surface area (Å²) in [6, 6.07) is 3.15. The summed E-state index contributed by atoms with van der Waals surface area (Å²) in [5, 5.41) is 2.65. The molecule has 92 valence electrons. The van der Waals surface area contributed by atoms with Gasteiger partial charge in [-0.2, -0.15) is 0 Å². The minimum Gasteiger partial charge on any atom is -0.463 e. The molecule has 3 nitrogen and oxygen atoms in total. The summed E-state index contributed by atoms with van der Waals surface area (Å²) in [6.07, 6.45) is 1.20. The van der Waals surface area contributed by atoms with E-state index < -0.39 is 17.6 Å². The average Bonchev–Trinajstić information content (AvgIpc) is 2.22. The molecule has 1 aromatic rings. The van der Waals surface area contributed by atoms with Gasteiger partial charge in [-0.3, -0.25) is 0 Å². The van der Waals surface area contributed by atoms with Crippen molar-refractivity contribution in [2.24, 2.45) is 0 Å². The molecule has 0 amide bonds. The summed E-state index contributed by atoms with van der Waals surface area (Å²) in [4.78, 5) is 11.1. The molecule has 0 aliphatic heterocycles. The highest BCUT2D eigenvalue weighted by Crippen LogP contribution is 2.16. The first kappa shape index (κ1) is 13.2. The maximum absolute atomic E-state index is 13.3. The van der Waals surface area contributed by atoms with Gasteiger partial charge >= 0.3 is 5.97 Å². The van der Waals surface area contributed by atoms with Gasteiger partial charge in [0.1, 0.15) is 11.6 Å². The number of benzene rings is 1. The Morgan fingerprint density at radius 3 is 2.76 bits per heavy atom. The number of esters is 1. The van der Waals surface area contributed by atoms with Gasteiger partial charge < -0.3 is 10.1 Å². The average molecular weight is 241 g/mol. The minimum atomic E-state index is -0.721. The molecule has 17 heavy (non-hydrogen) atoms. The highest BCUT2D eigenvalue weighted by molar-refractivity contribution is 5.83. The van der Waals surface area contributed by atoms with Crippen LogP contribution in [0.1, 0.15) is 13.8 Å². The fourth-order valence-corrected chi connectivity index (χ4v) is 1.20. The normalized spacial score (nSPS) is 11.2. The van der Waals surface area contributed by atoms with Crippen molar-refractivity contribution < 1.29 is 18.3 Å². The molecule has 0 atom stereocenters. The maximum Gasteiger partial charge on any atom is 0.332 e. The minimum absolute atomic E-state index is 0.101. The topological polar surface area (TPSA) is 38.3 Å². The number of nitrogens with one attached hydrogen (secondary N) is 1. The molecule has 0 bridgehead atoms. The molecule has 0 spiro atoms. The highest BCUT2D eigenvalue weighted by Gasteiger charge is 2.04. The molecule has 0 fully saturated rings. The Morgan fingerprint density at radius 1 is 1.47 bits per heavy atom. The van der Waals surface area contributed by atoms with Crippen molar-refractivity contribution in [3.63, 3.8) is 0 Å². The van der Waals surface area contributed by atoms with Crippen LogP contribution in [0.15, 0.2) is 30.0 Å². The van der Waals surface area contributed by atoms with Crippen molar-refractivity contribution in [2.45, 2.75) is 13.8 Å². The first-order valence-corrected chi connectivity index (χ1v) is 5.10. The summed E-state index contributed by atoms with van der Waals surface area (Å²) in [5.74, 6) is -1.89. The van der Waals surface area contributed by atoms with Crippen molar-refractivity contribution in [3.05, 3.63) is 41.6 Å². The van der Waals surface area contributed by atoms with Gasteiger partial charge in [-0.1, -0.05) is 0 Å². The second kappa shape index (κ2) is 5.98. The van der Waals surface area contributed by atoms with Crippen LogP contribution in [0.2, 0.25) is 0 Å². The lowest BCUT2D eigenvalue weighted by Gasteiger charge is -2.07. The number of carbonyl (C=O) groups is 1. The zero-order valence-electron chi connectivity index (χ0n) is 9.59. The van der Waals surface area contributed by atoms with Crippen LogP contribution in [-0.4, -0.2) is 12.6 Å². The summed E-state index contributed by atoms with van der Waals surface area (Å²) in [6.45, 7) is 3.54. The molecular formula is C12H13F2NO2. The third-order valence-electron chi connectivity index (χ3n) is 1.88. The lowest BCUT2D eigenvalue weighted by molar-refractivity contribution is -0.137. The number of allylic oxidation sites excluding steroid dienone is 1. The summed E-state index contributed by atoms with van der Waals surface area (Å²) >= 11 is 0. The van der Waals surface area contributed by atoms with Gasteiger partial charge in [-0.15, -0.1) is 0 Å². The second-order valence-corrected chi connectivity index (χ2v) is 3.33. The van der Waals surface area contributed by atoms with E-state index in [4.69, 9.17) is 4.74 Å². The van der Waals surface area contributed by atoms with Crippen molar-refractivity contribution in [2.75, 3.05) is 11.9 Å². The van der Waals surface area contributed by atoms with Gasteiger partial charge in [0.2, 0.25) is 0 Å². The largest absolute Gasteiger partial charge is 0.463 e. The Bertz CT molecular complexity index is 444. The fraction of sp³-hybridized carbons (Fsp3) is 0.250. The van der Waals surface area contributed by atoms with Crippen LogP contribution >= 0.6 is 0 Å². The Balaban J connectivity index is 2.74. The maximum atomic E-state index is 13.3. The number of rotatable bonds is 4. The van der Waals surface area contributed by atoms with E-state index in [1.165, 1.54) is 12.1 Å². The van der Waals surface area contributed by atoms with E-state index in [1.54, 1.807) is 13.8 Å². The van der Waals surface area contributed by atoms with Crippen molar-refractivity contribution in [1.82, 2.24) is 0 Å². The van der Waals surface area contributed by atoms with Crippen molar-refractivity contribution in [3.8, 4) is 0 Å². The molecule has 0 aromatic heterocycles. The molecule has 1 rings (SSSR count). The van der Waals surface area contributed by atoms with Gasteiger partial charge in [-0.05, 0) is 26.0 Å². The predicted octanol–water partition coefficient (Wildman–Crippen LogP) is 2.84. The Kier molecular flexibility index (Phi) is 4.63. The zero-order chi connectivity index (χ0) is 12.8. The second-order valence-electron chi connectivity index (χ2n) is 3.33. The molecule has 1 aromatic carbocycles. The number of hydrogen-bond donors (Lipinski definition) is 1. The number of ether oxygens (including phenoxy) is 1.